The number of benzene rings is 8. The SMILES string of the molecule is COc1ccc(C2c3cc(c(O)cc3O)C(c3ccc(OC)c(O)c3)c3cc(c(O)cc3O)C(c3ccc(OC)c(O)c3)c3cc(c(O)cc3O)C(c3ccc(OC)c(O)c3)c3cc2c(O)cc3O)cc1O. The molecule has 0 aromatic heterocycles. The Hall–Kier alpha value is -9.44. The minimum Gasteiger partial charge on any atom is -0.507 e. The molecule has 8 bridgehead atoms. The van der Waals surface area contributed by atoms with Crippen LogP contribution in [0.3, 0.4) is 0 Å². The van der Waals surface area contributed by atoms with E-state index in [1.165, 1.54) is 101 Å². The number of phenolic OH excluding ortho intramolecular Hbond substituents is 12. The minimum absolute atomic E-state index is 0.00683. The van der Waals surface area contributed by atoms with E-state index in [2.05, 4.69) is 0 Å². The summed E-state index contributed by atoms with van der Waals surface area (Å²) in [6.45, 7) is 0. The standard InChI is InChI=1S/C56H48O16/c1-69-49-9-5-25(13-45(49)65)53-29-17-31(39(59)21-37(29)57)54(26-6-10-50(70-2)46(66)14-26)33-19-35(43(63)23-41(33)61)56(28-8-12-52(72-4)48(68)16-28)36-20-34(42(62)24-44(36)64)55(27-7-11-51(71-3)47(67)15-27)32-18-30(53)38(58)22-40(32)60/h5-24,53-68H,1-4H3. The topological polar surface area (TPSA) is 280 Å². The summed E-state index contributed by atoms with van der Waals surface area (Å²) in [6, 6.07) is 27.2. The molecule has 0 saturated carbocycles. The second-order valence-corrected chi connectivity index (χ2v) is 17.3. The quantitative estimate of drug-likeness (QED) is 0.0676. The van der Waals surface area contributed by atoms with Crippen LogP contribution in [0.25, 0.3) is 0 Å². The lowest BCUT2D eigenvalue weighted by atomic mass is 9.75. The monoisotopic (exact) mass is 976 g/mol. The molecule has 0 spiro atoms. The van der Waals surface area contributed by atoms with E-state index in [0.717, 1.165) is 24.3 Å². The molecule has 0 amide bonds. The van der Waals surface area contributed by atoms with Crippen molar-refractivity contribution < 1.29 is 80.2 Å². The van der Waals surface area contributed by atoms with E-state index in [1.807, 2.05) is 0 Å². The number of methoxy groups -OCH3 is 4. The first kappa shape index (κ1) is 47.6. The van der Waals surface area contributed by atoms with E-state index in [9.17, 15) is 61.3 Å². The summed E-state index contributed by atoms with van der Waals surface area (Å²) in [5, 5.41) is 141. The first-order valence-corrected chi connectivity index (χ1v) is 22.2. The summed E-state index contributed by atoms with van der Waals surface area (Å²) in [7, 11) is 5.40. The number of hydrogen-bond donors (Lipinski definition) is 12. The van der Waals surface area contributed by atoms with Crippen LogP contribution in [-0.4, -0.2) is 89.7 Å². The molecule has 0 unspecified atom stereocenters. The van der Waals surface area contributed by atoms with Crippen LogP contribution in [-0.2, 0) is 0 Å². The van der Waals surface area contributed by atoms with Crippen LogP contribution in [0.4, 0.5) is 0 Å². The molecule has 9 rings (SSSR count). The van der Waals surface area contributed by atoms with Crippen LogP contribution >= 0.6 is 0 Å². The summed E-state index contributed by atoms with van der Waals surface area (Å²) in [5.74, 6) is -10.4. The molecular formula is C56H48O16. The maximum atomic E-state index is 12.1. The average Bonchev–Trinajstić information content (AvgIpc) is 3.34. The Morgan fingerprint density at radius 3 is 0.528 bits per heavy atom. The van der Waals surface area contributed by atoms with Gasteiger partial charge in [-0.05, 0) is 95.1 Å². The van der Waals surface area contributed by atoms with Gasteiger partial charge in [0.2, 0.25) is 0 Å². The van der Waals surface area contributed by atoms with Gasteiger partial charge in [-0.2, -0.15) is 0 Å². The molecule has 8 aromatic rings. The zero-order valence-corrected chi connectivity index (χ0v) is 38.9. The van der Waals surface area contributed by atoms with Gasteiger partial charge in [-0.1, -0.05) is 24.3 Å². The fourth-order valence-corrected chi connectivity index (χ4v) is 9.95. The molecule has 0 aliphatic heterocycles. The summed E-state index contributed by atoms with van der Waals surface area (Å²) in [6.07, 6.45) is 0. The van der Waals surface area contributed by atoms with Crippen molar-refractivity contribution in [1.82, 2.24) is 0 Å². The van der Waals surface area contributed by atoms with Gasteiger partial charge in [0.25, 0.3) is 0 Å². The number of ether oxygens (including phenoxy) is 4. The first-order chi connectivity index (χ1) is 34.5. The second kappa shape index (κ2) is 18.5. The Morgan fingerprint density at radius 1 is 0.222 bits per heavy atom. The fourth-order valence-electron chi connectivity index (χ4n) is 9.95. The zero-order valence-electron chi connectivity index (χ0n) is 38.9. The molecule has 1 aliphatic carbocycles. The largest absolute Gasteiger partial charge is 0.507 e. The number of fused-ring (bicyclic) bond motifs is 8. The molecule has 72 heavy (non-hydrogen) atoms. The van der Waals surface area contributed by atoms with E-state index in [-0.39, 0.29) is 113 Å². The third-order valence-electron chi connectivity index (χ3n) is 13.3. The van der Waals surface area contributed by atoms with Crippen molar-refractivity contribution in [1.29, 1.82) is 0 Å². The third kappa shape index (κ3) is 8.13. The maximum absolute atomic E-state index is 12.1. The van der Waals surface area contributed by atoms with Crippen LogP contribution in [0.5, 0.6) is 92.0 Å². The molecule has 0 heterocycles. The van der Waals surface area contributed by atoms with Crippen molar-refractivity contribution in [2.24, 2.45) is 0 Å². The molecule has 0 fully saturated rings. The highest BCUT2D eigenvalue weighted by Crippen LogP contribution is 2.55. The molecule has 12 N–H and O–H groups in total. The molecule has 368 valence electrons. The minimum atomic E-state index is -1.30. The zero-order chi connectivity index (χ0) is 51.4. The van der Waals surface area contributed by atoms with Crippen molar-refractivity contribution >= 4 is 0 Å². The predicted molar refractivity (Wildman–Crippen MR) is 262 cm³/mol. The smallest absolute Gasteiger partial charge is 0.160 e. The summed E-state index contributed by atoms with van der Waals surface area (Å²) >= 11 is 0. The Kier molecular flexibility index (Phi) is 12.2. The molecule has 1 aliphatic rings. The van der Waals surface area contributed by atoms with E-state index in [0.29, 0.717) is 0 Å². The number of aromatic hydroxyl groups is 12. The van der Waals surface area contributed by atoms with Crippen LogP contribution in [0.1, 0.15) is 90.4 Å². The van der Waals surface area contributed by atoms with E-state index in [1.54, 1.807) is 24.3 Å². The van der Waals surface area contributed by atoms with Gasteiger partial charge in [0.15, 0.2) is 46.0 Å². The molecule has 16 heteroatoms. The highest BCUT2D eigenvalue weighted by molar-refractivity contribution is 5.68. The van der Waals surface area contributed by atoms with Crippen LogP contribution in [0.2, 0.25) is 0 Å². The van der Waals surface area contributed by atoms with Gasteiger partial charge in [0, 0.05) is 92.4 Å². The maximum Gasteiger partial charge on any atom is 0.160 e. The second-order valence-electron chi connectivity index (χ2n) is 17.3. The lowest BCUT2D eigenvalue weighted by Crippen LogP contribution is -2.13. The molecule has 16 nitrogen and oxygen atoms in total. The predicted octanol–water partition coefficient (Wildman–Crippen LogP) is 9.22. The lowest BCUT2D eigenvalue weighted by molar-refractivity contribution is 0.373. The highest BCUT2D eigenvalue weighted by atomic mass is 16.5. The summed E-state index contributed by atoms with van der Waals surface area (Å²) in [4.78, 5) is 0. The van der Waals surface area contributed by atoms with Crippen LogP contribution in [0, 0.1) is 0 Å². The average molecular weight is 977 g/mol. The summed E-state index contributed by atoms with van der Waals surface area (Å²) < 4.78 is 21.4. The molecule has 0 atom stereocenters. The number of hydrogen-bond acceptors (Lipinski definition) is 16. The lowest BCUT2D eigenvalue weighted by Gasteiger charge is -2.30. The number of phenols is 12. The highest BCUT2D eigenvalue weighted by Gasteiger charge is 2.36. The van der Waals surface area contributed by atoms with Crippen molar-refractivity contribution in [2.75, 3.05) is 28.4 Å². The first-order valence-electron chi connectivity index (χ1n) is 22.2. The normalized spacial score (nSPS) is 16.2. The van der Waals surface area contributed by atoms with Gasteiger partial charge in [-0.3, -0.25) is 0 Å². The van der Waals surface area contributed by atoms with Gasteiger partial charge in [-0.15, -0.1) is 0 Å². The van der Waals surface area contributed by atoms with Crippen molar-refractivity contribution in [3.8, 4) is 92.0 Å². The fraction of sp³-hybridized carbons (Fsp3) is 0.143. The van der Waals surface area contributed by atoms with E-state index in [4.69, 9.17) is 18.9 Å². The Morgan fingerprint density at radius 2 is 0.389 bits per heavy atom. The Bertz CT molecular complexity index is 2890. The van der Waals surface area contributed by atoms with Crippen LogP contribution < -0.4 is 18.9 Å². The molecule has 0 saturated heterocycles. The van der Waals surface area contributed by atoms with E-state index < -0.39 is 69.7 Å². The van der Waals surface area contributed by atoms with Crippen molar-refractivity contribution in [3.63, 3.8) is 0 Å². The van der Waals surface area contributed by atoms with Gasteiger partial charge in [-0.25, -0.2) is 0 Å². The molecule has 8 aromatic carbocycles. The Balaban J connectivity index is 1.49. The number of rotatable bonds is 8. The van der Waals surface area contributed by atoms with Gasteiger partial charge in [0.05, 0.1) is 28.4 Å². The summed E-state index contributed by atoms with van der Waals surface area (Å²) in [5.41, 5.74) is 0.892. The van der Waals surface area contributed by atoms with E-state index >= 15 is 0 Å². The van der Waals surface area contributed by atoms with Crippen molar-refractivity contribution in [2.45, 2.75) is 23.7 Å². The third-order valence-corrected chi connectivity index (χ3v) is 13.3. The molecule has 0 radical (unpaired) electrons. The van der Waals surface area contributed by atoms with Gasteiger partial charge < -0.3 is 80.2 Å². The Labute approximate surface area is 411 Å². The van der Waals surface area contributed by atoms with Crippen molar-refractivity contribution in [3.05, 3.63) is 188 Å². The van der Waals surface area contributed by atoms with Gasteiger partial charge >= 0.3 is 0 Å². The molecular weight excluding hydrogens is 929 g/mol. The van der Waals surface area contributed by atoms with Gasteiger partial charge in [0.1, 0.15) is 46.0 Å². The van der Waals surface area contributed by atoms with Crippen LogP contribution in [0.15, 0.2) is 121 Å².